The first-order chi connectivity index (χ1) is 13.3. The van der Waals surface area contributed by atoms with Gasteiger partial charge < -0.3 is 5.21 Å². The maximum atomic E-state index is 13.4. The third-order valence-corrected chi connectivity index (χ3v) is 6.99. The Balaban J connectivity index is 1.74. The fraction of sp³-hybridized carbons (Fsp3) is 0.471. The Labute approximate surface area is 170 Å². The first-order valence-corrected chi connectivity index (χ1v) is 11.1. The highest BCUT2D eigenvalue weighted by atomic mass is 79.9. The summed E-state index contributed by atoms with van der Waals surface area (Å²) in [6.45, 7) is 0. The molecule has 1 fully saturated rings. The van der Waals surface area contributed by atoms with Gasteiger partial charge in [-0.15, -0.1) is 0 Å². The van der Waals surface area contributed by atoms with Crippen LogP contribution in [0.5, 0.6) is 0 Å². The van der Waals surface area contributed by atoms with E-state index in [4.69, 9.17) is 4.63 Å². The fourth-order valence-corrected chi connectivity index (χ4v) is 4.38. The molecule has 0 amide bonds. The minimum absolute atomic E-state index is 0.0364. The number of hydrogen-bond acceptors (Lipinski definition) is 7. The van der Waals surface area contributed by atoms with E-state index in [1.807, 2.05) is 0 Å². The van der Waals surface area contributed by atoms with E-state index in [9.17, 15) is 18.0 Å². The topological polar surface area (TPSA) is 118 Å². The zero-order valence-corrected chi connectivity index (χ0v) is 17.6. The molecule has 1 aromatic heterocycles. The number of oxime groups is 1. The molecule has 2 N–H and O–H groups in total. The normalized spacial score (nSPS) is 16.3. The lowest BCUT2D eigenvalue weighted by Gasteiger charge is -2.13. The Hall–Kier alpha value is -1.85. The fourth-order valence-electron chi connectivity index (χ4n) is 3.05. The molecule has 1 aliphatic carbocycles. The van der Waals surface area contributed by atoms with Crippen LogP contribution in [0.3, 0.4) is 0 Å². The number of benzene rings is 1. The monoisotopic (exact) mass is 474 g/mol. The predicted octanol–water partition coefficient (Wildman–Crippen LogP) is 2.65. The Morgan fingerprint density at radius 3 is 2.79 bits per heavy atom. The third-order valence-electron chi connectivity index (χ3n) is 5.02. The summed E-state index contributed by atoms with van der Waals surface area (Å²) >= 11 is 3.13. The van der Waals surface area contributed by atoms with Crippen molar-refractivity contribution in [2.75, 3.05) is 12.8 Å². The average molecular weight is 475 g/mol. The van der Waals surface area contributed by atoms with Crippen molar-refractivity contribution in [2.45, 2.75) is 32.1 Å². The van der Waals surface area contributed by atoms with Gasteiger partial charge in [0.15, 0.2) is 5.69 Å². The van der Waals surface area contributed by atoms with Gasteiger partial charge in [0.1, 0.15) is 17.2 Å². The van der Waals surface area contributed by atoms with Crippen LogP contribution in [0, 0.1) is 11.2 Å². The van der Waals surface area contributed by atoms with Crippen molar-refractivity contribution in [2.24, 2.45) is 10.6 Å². The van der Waals surface area contributed by atoms with E-state index in [0.717, 1.165) is 18.4 Å². The van der Waals surface area contributed by atoms with Crippen LogP contribution in [0.2, 0.25) is 0 Å². The van der Waals surface area contributed by atoms with Gasteiger partial charge in [-0.2, -0.15) is 0 Å². The molecular weight excluding hydrogens is 455 g/mol. The van der Waals surface area contributed by atoms with Gasteiger partial charge in [0.05, 0.1) is 10.2 Å². The molecule has 0 aliphatic heterocycles. The van der Waals surface area contributed by atoms with E-state index < -0.39 is 10.0 Å². The molecule has 0 atom stereocenters. The molecule has 1 aliphatic rings. The standard InChI is InChI=1S/C17H20BrFN4O4S/c1-20-28(25,26)7-6-17(4-5-17)10-15-16(23-27-22-15)14(21-24)9-11-2-3-13(19)12(18)8-11/h2-3,8,20,24H,4-7,9-10H2,1H3/b21-14+. The molecule has 0 radical (unpaired) electrons. The van der Waals surface area contributed by atoms with Crippen molar-refractivity contribution in [1.29, 1.82) is 0 Å². The molecule has 8 nitrogen and oxygen atoms in total. The van der Waals surface area contributed by atoms with Crippen LogP contribution in [0.25, 0.3) is 0 Å². The zero-order valence-electron chi connectivity index (χ0n) is 15.2. The van der Waals surface area contributed by atoms with Gasteiger partial charge in [-0.25, -0.2) is 22.2 Å². The summed E-state index contributed by atoms with van der Waals surface area (Å²) in [5, 5.41) is 20.6. The molecule has 11 heteroatoms. The second kappa shape index (κ2) is 8.26. The van der Waals surface area contributed by atoms with Crippen molar-refractivity contribution in [3.63, 3.8) is 0 Å². The number of sulfonamides is 1. The van der Waals surface area contributed by atoms with Crippen LogP contribution in [0.15, 0.2) is 32.5 Å². The highest BCUT2D eigenvalue weighted by Crippen LogP contribution is 2.51. The molecule has 0 spiro atoms. The summed E-state index contributed by atoms with van der Waals surface area (Å²) in [6, 6.07) is 4.50. The Morgan fingerprint density at radius 2 is 2.18 bits per heavy atom. The van der Waals surface area contributed by atoms with E-state index in [1.165, 1.54) is 13.1 Å². The lowest BCUT2D eigenvalue weighted by molar-refractivity contribution is 0.298. The van der Waals surface area contributed by atoms with Crippen LogP contribution < -0.4 is 4.72 Å². The number of nitrogens with one attached hydrogen (secondary N) is 1. The number of nitrogens with zero attached hydrogens (tertiary/aromatic N) is 3. The van der Waals surface area contributed by atoms with E-state index >= 15 is 0 Å². The summed E-state index contributed by atoms with van der Waals surface area (Å²) in [5.74, 6) is -0.350. The van der Waals surface area contributed by atoms with Gasteiger partial charge in [0.2, 0.25) is 10.0 Å². The van der Waals surface area contributed by atoms with E-state index in [2.05, 4.69) is 36.1 Å². The van der Waals surface area contributed by atoms with E-state index in [1.54, 1.807) is 12.1 Å². The average Bonchev–Trinajstić information content (AvgIpc) is 3.29. The Kier molecular flexibility index (Phi) is 6.15. The Morgan fingerprint density at radius 1 is 1.43 bits per heavy atom. The second-order valence-electron chi connectivity index (χ2n) is 6.98. The molecule has 0 saturated heterocycles. The smallest absolute Gasteiger partial charge is 0.211 e. The number of hydrogen-bond donors (Lipinski definition) is 2. The minimum Gasteiger partial charge on any atom is -0.411 e. The van der Waals surface area contributed by atoms with Crippen molar-refractivity contribution < 1.29 is 22.6 Å². The largest absolute Gasteiger partial charge is 0.411 e. The van der Waals surface area contributed by atoms with Crippen LogP contribution in [-0.2, 0) is 22.9 Å². The van der Waals surface area contributed by atoms with Crippen molar-refractivity contribution >= 4 is 31.7 Å². The van der Waals surface area contributed by atoms with Crippen LogP contribution in [0.4, 0.5) is 4.39 Å². The van der Waals surface area contributed by atoms with Crippen LogP contribution in [0.1, 0.15) is 36.2 Å². The van der Waals surface area contributed by atoms with E-state index in [-0.39, 0.29) is 29.1 Å². The summed E-state index contributed by atoms with van der Waals surface area (Å²) in [6.07, 6.45) is 2.96. The second-order valence-corrected chi connectivity index (χ2v) is 9.88. The summed E-state index contributed by atoms with van der Waals surface area (Å²) in [4.78, 5) is 0. The number of halogens is 2. The molecule has 2 aromatic rings. The first-order valence-electron chi connectivity index (χ1n) is 8.65. The van der Waals surface area contributed by atoms with Crippen molar-refractivity contribution in [3.05, 3.63) is 45.4 Å². The zero-order chi connectivity index (χ0) is 20.4. The molecule has 0 unspecified atom stereocenters. The Bertz CT molecular complexity index is 989. The predicted molar refractivity (Wildman–Crippen MR) is 103 cm³/mol. The number of aromatic nitrogens is 2. The molecule has 28 heavy (non-hydrogen) atoms. The molecule has 1 heterocycles. The molecule has 152 valence electrons. The van der Waals surface area contributed by atoms with Crippen molar-refractivity contribution in [1.82, 2.24) is 15.0 Å². The van der Waals surface area contributed by atoms with Crippen molar-refractivity contribution in [3.8, 4) is 0 Å². The maximum absolute atomic E-state index is 13.4. The minimum atomic E-state index is -3.28. The van der Waals surface area contributed by atoms with Gasteiger partial charge in [-0.05, 0) is 70.5 Å². The number of rotatable bonds is 9. The lowest BCUT2D eigenvalue weighted by atomic mass is 9.94. The van der Waals surface area contributed by atoms with Gasteiger partial charge in [0, 0.05) is 12.8 Å². The SMILES string of the molecule is CNS(=O)(=O)CCC1(Cc2nonc2/C(Cc2ccc(F)c(Br)c2)=N/O)CC1. The molecule has 3 rings (SSSR count). The third kappa shape index (κ3) is 4.95. The van der Waals surface area contributed by atoms with Crippen LogP contribution >= 0.6 is 15.9 Å². The van der Waals surface area contributed by atoms with E-state index in [0.29, 0.717) is 28.7 Å². The molecular formula is C17H20BrFN4O4S. The molecule has 0 bridgehead atoms. The summed E-state index contributed by atoms with van der Waals surface area (Å²) in [7, 11) is -1.88. The first kappa shape index (κ1) is 20.9. The summed E-state index contributed by atoms with van der Waals surface area (Å²) < 4.78 is 44.3. The van der Waals surface area contributed by atoms with Gasteiger partial charge in [-0.1, -0.05) is 16.4 Å². The highest BCUT2D eigenvalue weighted by molar-refractivity contribution is 9.10. The molecule has 1 saturated carbocycles. The van der Waals surface area contributed by atoms with Gasteiger partial charge >= 0.3 is 0 Å². The lowest BCUT2D eigenvalue weighted by Crippen LogP contribution is -2.24. The quantitative estimate of drug-likeness (QED) is 0.327. The van der Waals surface area contributed by atoms with Gasteiger partial charge in [-0.3, -0.25) is 0 Å². The summed E-state index contributed by atoms with van der Waals surface area (Å²) in [5.41, 5.74) is 1.64. The van der Waals surface area contributed by atoms with Gasteiger partial charge in [0.25, 0.3) is 0 Å². The highest BCUT2D eigenvalue weighted by Gasteiger charge is 2.44. The maximum Gasteiger partial charge on any atom is 0.211 e. The van der Waals surface area contributed by atoms with Crippen LogP contribution in [-0.4, -0.2) is 42.5 Å². The molecule has 1 aromatic carbocycles.